The molecule has 0 unspecified atom stereocenters. The third-order valence-corrected chi connectivity index (χ3v) is 3.10. The van der Waals surface area contributed by atoms with Crippen LogP contribution in [0.15, 0.2) is 30.3 Å². The monoisotopic (exact) mass is 284 g/mol. The van der Waals surface area contributed by atoms with Crippen LogP contribution in [0.4, 0.5) is 0 Å². The van der Waals surface area contributed by atoms with E-state index in [9.17, 15) is 14.4 Å². The van der Waals surface area contributed by atoms with Gasteiger partial charge in [0.25, 0.3) is 11.8 Å². The van der Waals surface area contributed by atoms with Gasteiger partial charge in [-0.1, -0.05) is 24.1 Å². The summed E-state index contributed by atoms with van der Waals surface area (Å²) >= 11 is 0. The van der Waals surface area contributed by atoms with Gasteiger partial charge >= 0.3 is 0 Å². The molecule has 1 fully saturated rings. The van der Waals surface area contributed by atoms with E-state index in [2.05, 4.69) is 17.2 Å². The van der Waals surface area contributed by atoms with E-state index in [4.69, 9.17) is 0 Å². The Bertz CT molecular complexity index is 626. The van der Waals surface area contributed by atoms with Crippen molar-refractivity contribution in [3.63, 3.8) is 0 Å². The first-order chi connectivity index (χ1) is 9.99. The van der Waals surface area contributed by atoms with E-state index in [1.807, 2.05) is 18.2 Å². The van der Waals surface area contributed by atoms with Crippen molar-refractivity contribution in [2.45, 2.75) is 32.4 Å². The number of amides is 3. The van der Waals surface area contributed by atoms with E-state index in [0.717, 1.165) is 0 Å². The van der Waals surface area contributed by atoms with E-state index in [0.29, 0.717) is 5.56 Å². The van der Waals surface area contributed by atoms with E-state index in [-0.39, 0.29) is 24.3 Å². The van der Waals surface area contributed by atoms with Crippen LogP contribution in [0.1, 0.15) is 25.8 Å². The Morgan fingerprint density at radius 1 is 1.29 bits per heavy atom. The summed E-state index contributed by atoms with van der Waals surface area (Å²) in [5.74, 6) is 3.93. The number of imide groups is 1. The van der Waals surface area contributed by atoms with Crippen molar-refractivity contribution in [1.82, 2.24) is 10.2 Å². The highest BCUT2D eigenvalue weighted by atomic mass is 16.2. The number of likely N-dealkylation sites (tertiary alicyclic amines) is 1. The molecule has 1 aliphatic rings. The van der Waals surface area contributed by atoms with Crippen molar-refractivity contribution >= 4 is 17.7 Å². The molecule has 1 aromatic carbocycles. The van der Waals surface area contributed by atoms with Gasteiger partial charge in [-0.05, 0) is 26.0 Å². The van der Waals surface area contributed by atoms with Crippen molar-refractivity contribution in [2.75, 3.05) is 0 Å². The molecule has 0 bridgehead atoms. The van der Waals surface area contributed by atoms with Gasteiger partial charge in [0, 0.05) is 17.5 Å². The van der Waals surface area contributed by atoms with Crippen molar-refractivity contribution in [2.24, 2.45) is 0 Å². The van der Waals surface area contributed by atoms with Gasteiger partial charge in [-0.3, -0.25) is 19.3 Å². The Kier molecular flexibility index (Phi) is 4.39. The molecule has 2 rings (SSSR count). The van der Waals surface area contributed by atoms with Crippen LogP contribution in [0.5, 0.6) is 0 Å². The van der Waals surface area contributed by atoms with Gasteiger partial charge in [0.15, 0.2) is 0 Å². The minimum absolute atomic E-state index is 0.00420. The number of hydrogen-bond donors (Lipinski definition) is 1. The number of hydrogen-bond acceptors (Lipinski definition) is 3. The molecule has 1 heterocycles. The highest BCUT2D eigenvalue weighted by molar-refractivity contribution is 6.08. The van der Waals surface area contributed by atoms with Gasteiger partial charge in [0.2, 0.25) is 5.91 Å². The van der Waals surface area contributed by atoms with E-state index in [1.54, 1.807) is 26.0 Å². The second-order valence-corrected chi connectivity index (χ2v) is 5.04. The molecule has 5 nitrogen and oxygen atoms in total. The minimum atomic E-state index is -0.808. The molecule has 3 amide bonds. The highest BCUT2D eigenvalue weighted by Crippen LogP contribution is 2.15. The molecule has 0 spiro atoms. The Balaban J connectivity index is 2.00. The quantitative estimate of drug-likeness (QED) is 0.642. The Morgan fingerprint density at radius 3 is 2.52 bits per heavy atom. The van der Waals surface area contributed by atoms with Crippen LogP contribution >= 0.6 is 0 Å². The summed E-state index contributed by atoms with van der Waals surface area (Å²) in [6.45, 7) is 3.52. The lowest BCUT2D eigenvalue weighted by Gasteiger charge is -2.18. The number of nitrogens with one attached hydrogen (secondary N) is 1. The predicted octanol–water partition coefficient (Wildman–Crippen LogP) is 0.690. The van der Waals surface area contributed by atoms with Crippen LogP contribution in [-0.4, -0.2) is 34.7 Å². The smallest absolute Gasteiger partial charge is 0.296 e. The molecule has 1 saturated heterocycles. The summed E-state index contributed by atoms with van der Waals surface area (Å²) in [6.07, 6.45) is -0.00420. The predicted molar refractivity (Wildman–Crippen MR) is 76.9 cm³/mol. The average molecular weight is 284 g/mol. The molecule has 1 N–H and O–H groups in total. The summed E-state index contributed by atoms with van der Waals surface area (Å²) in [5.41, 5.74) is 0.713. The van der Waals surface area contributed by atoms with Crippen molar-refractivity contribution < 1.29 is 14.4 Å². The number of carbonyl (C=O) groups is 3. The van der Waals surface area contributed by atoms with Gasteiger partial charge in [-0.15, -0.1) is 0 Å². The summed E-state index contributed by atoms with van der Waals surface area (Å²) in [4.78, 5) is 36.6. The summed E-state index contributed by atoms with van der Waals surface area (Å²) in [7, 11) is 0. The van der Waals surface area contributed by atoms with Crippen LogP contribution in [0, 0.1) is 11.8 Å². The van der Waals surface area contributed by atoms with Crippen molar-refractivity contribution in [3.8, 4) is 11.8 Å². The molecule has 0 aromatic heterocycles. The molecular formula is C16H16N2O3. The third kappa shape index (κ3) is 3.48. The van der Waals surface area contributed by atoms with E-state index < -0.39 is 11.9 Å². The molecule has 1 aromatic rings. The zero-order valence-corrected chi connectivity index (χ0v) is 11.9. The summed E-state index contributed by atoms with van der Waals surface area (Å²) < 4.78 is 0. The normalized spacial score (nSPS) is 17.7. The van der Waals surface area contributed by atoms with Crippen LogP contribution in [0.2, 0.25) is 0 Å². The average Bonchev–Trinajstić information content (AvgIpc) is 2.72. The lowest BCUT2D eigenvalue weighted by atomic mass is 10.2. The van der Waals surface area contributed by atoms with E-state index in [1.165, 1.54) is 4.90 Å². The lowest BCUT2D eigenvalue weighted by Crippen LogP contribution is -2.43. The van der Waals surface area contributed by atoms with E-state index >= 15 is 0 Å². The Labute approximate surface area is 123 Å². The van der Waals surface area contributed by atoms with Crippen molar-refractivity contribution in [1.29, 1.82) is 0 Å². The second-order valence-electron chi connectivity index (χ2n) is 5.04. The lowest BCUT2D eigenvalue weighted by molar-refractivity contribution is -0.141. The molecule has 0 saturated carbocycles. The SMILES string of the molecule is CC(C)N1C(=O)C[C@@H](NC(=O)C#Cc2ccccc2)C1=O. The summed E-state index contributed by atoms with van der Waals surface area (Å²) in [6, 6.07) is 8.05. The number of carbonyl (C=O) groups excluding carboxylic acids is 3. The highest BCUT2D eigenvalue weighted by Gasteiger charge is 2.40. The van der Waals surface area contributed by atoms with Crippen LogP contribution in [0.25, 0.3) is 0 Å². The molecular weight excluding hydrogens is 268 g/mol. The molecule has 0 aliphatic carbocycles. The standard InChI is InChI=1S/C16H16N2O3/c1-11(2)18-15(20)10-13(16(18)21)17-14(19)9-8-12-6-4-3-5-7-12/h3-7,11,13H,10H2,1-2H3,(H,17,19)/t13-/m1/s1. The second kappa shape index (κ2) is 6.23. The zero-order chi connectivity index (χ0) is 15.4. The van der Waals surface area contributed by atoms with Crippen LogP contribution in [0.3, 0.4) is 0 Å². The maximum atomic E-state index is 12.0. The number of rotatable bonds is 2. The molecule has 0 radical (unpaired) electrons. The van der Waals surface area contributed by atoms with Gasteiger partial charge in [-0.25, -0.2) is 0 Å². The summed E-state index contributed by atoms with van der Waals surface area (Å²) in [5, 5.41) is 2.49. The Morgan fingerprint density at radius 2 is 1.95 bits per heavy atom. The maximum absolute atomic E-state index is 12.0. The fraction of sp³-hybridized carbons (Fsp3) is 0.312. The molecule has 1 atom stereocenters. The molecule has 5 heteroatoms. The maximum Gasteiger partial charge on any atom is 0.296 e. The minimum Gasteiger partial charge on any atom is -0.333 e. The van der Waals surface area contributed by atoms with Gasteiger partial charge in [0.05, 0.1) is 6.42 Å². The first-order valence-corrected chi connectivity index (χ1v) is 6.72. The van der Waals surface area contributed by atoms with Gasteiger partial charge < -0.3 is 5.32 Å². The molecule has 21 heavy (non-hydrogen) atoms. The molecule has 1 aliphatic heterocycles. The third-order valence-electron chi connectivity index (χ3n) is 3.10. The fourth-order valence-corrected chi connectivity index (χ4v) is 2.15. The number of nitrogens with zero attached hydrogens (tertiary/aromatic N) is 1. The largest absolute Gasteiger partial charge is 0.333 e. The Hall–Kier alpha value is -2.61. The van der Waals surface area contributed by atoms with Crippen LogP contribution < -0.4 is 5.32 Å². The first-order valence-electron chi connectivity index (χ1n) is 6.72. The number of benzene rings is 1. The topological polar surface area (TPSA) is 66.5 Å². The van der Waals surface area contributed by atoms with Gasteiger partial charge in [-0.2, -0.15) is 0 Å². The fourth-order valence-electron chi connectivity index (χ4n) is 2.15. The first kappa shape index (κ1) is 14.8. The van der Waals surface area contributed by atoms with Crippen molar-refractivity contribution in [3.05, 3.63) is 35.9 Å². The molecule has 108 valence electrons. The van der Waals surface area contributed by atoms with Gasteiger partial charge in [0.1, 0.15) is 6.04 Å². The van der Waals surface area contributed by atoms with Crippen LogP contribution in [-0.2, 0) is 14.4 Å². The zero-order valence-electron chi connectivity index (χ0n) is 11.9.